The minimum atomic E-state index is 0.0746. The summed E-state index contributed by atoms with van der Waals surface area (Å²) < 4.78 is 12.5. The molecule has 1 aromatic carbocycles. The van der Waals surface area contributed by atoms with Crippen molar-refractivity contribution in [1.82, 2.24) is 24.7 Å². The Labute approximate surface area is 175 Å². The highest BCUT2D eigenvalue weighted by Gasteiger charge is 2.19. The molecule has 8 heteroatoms. The van der Waals surface area contributed by atoms with E-state index in [2.05, 4.69) is 35.4 Å². The molecule has 0 amide bonds. The number of ether oxygens (including phenoxy) is 1. The van der Waals surface area contributed by atoms with E-state index < -0.39 is 0 Å². The molecule has 3 heterocycles. The van der Waals surface area contributed by atoms with E-state index in [9.17, 15) is 0 Å². The van der Waals surface area contributed by atoms with E-state index in [1.54, 1.807) is 7.11 Å². The number of fused-ring (bicyclic) bond motifs is 1. The molecule has 0 saturated carbocycles. The number of aryl methyl sites for hydroxylation is 4. The second kappa shape index (κ2) is 7.78. The smallest absolute Gasteiger partial charge is 0.228 e. The second-order valence-electron chi connectivity index (χ2n) is 7.64. The van der Waals surface area contributed by atoms with Crippen LogP contribution in [0.3, 0.4) is 0 Å². The lowest BCUT2D eigenvalue weighted by Crippen LogP contribution is -2.20. The van der Waals surface area contributed by atoms with E-state index in [0.717, 1.165) is 45.3 Å². The SMILES string of the molecule is COc1ccc(-c2c(C)nn3c(N[C@H](C)Cc4nc(C)no4)cc(C)nc23)c(C)c1. The van der Waals surface area contributed by atoms with Crippen molar-refractivity contribution >= 4 is 11.5 Å². The molecule has 0 aliphatic rings. The first-order valence-corrected chi connectivity index (χ1v) is 9.93. The van der Waals surface area contributed by atoms with Gasteiger partial charge in [0, 0.05) is 29.8 Å². The van der Waals surface area contributed by atoms with Crippen LogP contribution < -0.4 is 10.1 Å². The number of hydrogen-bond acceptors (Lipinski definition) is 7. The van der Waals surface area contributed by atoms with Crippen LogP contribution in [-0.2, 0) is 6.42 Å². The molecule has 4 rings (SSSR count). The molecule has 0 unspecified atom stereocenters. The molecule has 1 N–H and O–H groups in total. The van der Waals surface area contributed by atoms with E-state index in [0.29, 0.717) is 18.1 Å². The number of anilines is 1. The van der Waals surface area contributed by atoms with Crippen LogP contribution in [0.15, 0.2) is 28.8 Å². The Balaban J connectivity index is 1.73. The van der Waals surface area contributed by atoms with Crippen molar-refractivity contribution in [2.24, 2.45) is 0 Å². The van der Waals surface area contributed by atoms with Gasteiger partial charge in [-0.15, -0.1) is 0 Å². The molecule has 156 valence electrons. The lowest BCUT2D eigenvalue weighted by atomic mass is 10.0. The monoisotopic (exact) mass is 406 g/mol. The lowest BCUT2D eigenvalue weighted by molar-refractivity contribution is 0.370. The van der Waals surface area contributed by atoms with Gasteiger partial charge in [0.1, 0.15) is 11.6 Å². The van der Waals surface area contributed by atoms with Crippen LogP contribution in [0.4, 0.5) is 5.82 Å². The van der Waals surface area contributed by atoms with Crippen molar-refractivity contribution in [3.05, 3.63) is 52.9 Å². The van der Waals surface area contributed by atoms with Crippen LogP contribution in [0.1, 0.15) is 35.6 Å². The highest BCUT2D eigenvalue weighted by molar-refractivity contribution is 5.83. The molecule has 8 nitrogen and oxygen atoms in total. The Hall–Kier alpha value is -3.42. The van der Waals surface area contributed by atoms with Crippen molar-refractivity contribution in [2.75, 3.05) is 12.4 Å². The van der Waals surface area contributed by atoms with E-state index in [4.69, 9.17) is 19.3 Å². The molecular weight excluding hydrogens is 380 g/mol. The predicted octanol–water partition coefficient (Wildman–Crippen LogP) is 4.06. The van der Waals surface area contributed by atoms with E-state index in [1.807, 2.05) is 43.5 Å². The van der Waals surface area contributed by atoms with Crippen LogP contribution in [0.25, 0.3) is 16.8 Å². The van der Waals surface area contributed by atoms with Crippen LogP contribution in [-0.4, -0.2) is 37.9 Å². The minimum absolute atomic E-state index is 0.0746. The number of nitrogens with zero attached hydrogens (tertiary/aromatic N) is 5. The number of nitrogens with one attached hydrogen (secondary N) is 1. The fourth-order valence-corrected chi connectivity index (χ4v) is 3.69. The minimum Gasteiger partial charge on any atom is -0.497 e. The molecule has 4 aromatic rings. The maximum Gasteiger partial charge on any atom is 0.228 e. The number of aromatic nitrogens is 5. The first-order chi connectivity index (χ1) is 14.4. The normalized spacial score (nSPS) is 12.3. The number of rotatable bonds is 6. The molecular formula is C22H26N6O2. The standard InChI is InChI=1S/C22H26N6O2/c1-12-9-17(29-6)7-8-18(12)21-15(4)26-28-19(10-13(2)24-22(21)28)23-14(3)11-20-25-16(5)27-30-20/h7-10,14,23H,11H2,1-6H3/t14-/m1/s1. The fourth-order valence-electron chi connectivity index (χ4n) is 3.69. The maximum absolute atomic E-state index is 5.35. The van der Waals surface area contributed by atoms with Crippen molar-refractivity contribution in [3.8, 4) is 16.9 Å². The molecule has 3 aromatic heterocycles. The number of methoxy groups -OCH3 is 1. The Morgan fingerprint density at radius 3 is 2.60 bits per heavy atom. The molecule has 0 aliphatic heterocycles. The maximum atomic E-state index is 5.35. The van der Waals surface area contributed by atoms with E-state index in [-0.39, 0.29) is 6.04 Å². The van der Waals surface area contributed by atoms with Crippen LogP contribution in [0.5, 0.6) is 5.75 Å². The third-order valence-electron chi connectivity index (χ3n) is 5.04. The Bertz CT molecular complexity index is 1210. The van der Waals surface area contributed by atoms with Gasteiger partial charge in [-0.05, 0) is 57.9 Å². The zero-order valence-electron chi connectivity index (χ0n) is 18.1. The Kier molecular flexibility index (Phi) is 5.15. The summed E-state index contributed by atoms with van der Waals surface area (Å²) in [5, 5.41) is 12.2. The molecule has 1 atom stereocenters. The first kappa shape index (κ1) is 19.9. The highest BCUT2D eigenvalue weighted by Crippen LogP contribution is 2.33. The van der Waals surface area contributed by atoms with Crippen LogP contribution in [0, 0.1) is 27.7 Å². The fraction of sp³-hybridized carbons (Fsp3) is 0.364. The van der Waals surface area contributed by atoms with Crippen molar-refractivity contribution in [3.63, 3.8) is 0 Å². The van der Waals surface area contributed by atoms with Gasteiger partial charge in [-0.2, -0.15) is 14.6 Å². The van der Waals surface area contributed by atoms with Gasteiger partial charge < -0.3 is 14.6 Å². The second-order valence-corrected chi connectivity index (χ2v) is 7.64. The number of hydrogen-bond donors (Lipinski definition) is 1. The van der Waals surface area contributed by atoms with Crippen LogP contribution in [0.2, 0.25) is 0 Å². The van der Waals surface area contributed by atoms with Gasteiger partial charge in [0.05, 0.1) is 12.8 Å². The molecule has 0 aliphatic carbocycles. The molecule has 0 spiro atoms. The van der Waals surface area contributed by atoms with E-state index in [1.165, 1.54) is 0 Å². The molecule has 0 saturated heterocycles. The zero-order valence-corrected chi connectivity index (χ0v) is 18.1. The topological polar surface area (TPSA) is 90.4 Å². The first-order valence-electron chi connectivity index (χ1n) is 9.93. The highest BCUT2D eigenvalue weighted by atomic mass is 16.5. The predicted molar refractivity (Wildman–Crippen MR) is 115 cm³/mol. The summed E-state index contributed by atoms with van der Waals surface area (Å²) in [5.74, 6) is 2.96. The van der Waals surface area contributed by atoms with Gasteiger partial charge in [0.15, 0.2) is 11.5 Å². The summed E-state index contributed by atoms with van der Waals surface area (Å²) in [4.78, 5) is 9.09. The van der Waals surface area contributed by atoms with Crippen molar-refractivity contribution in [2.45, 2.75) is 47.1 Å². The average Bonchev–Trinajstić information content (AvgIpc) is 3.24. The van der Waals surface area contributed by atoms with Gasteiger partial charge in [0.2, 0.25) is 5.89 Å². The van der Waals surface area contributed by atoms with Gasteiger partial charge in [-0.3, -0.25) is 0 Å². The third-order valence-corrected chi connectivity index (χ3v) is 5.04. The molecule has 30 heavy (non-hydrogen) atoms. The van der Waals surface area contributed by atoms with Crippen LogP contribution >= 0.6 is 0 Å². The Morgan fingerprint density at radius 2 is 1.93 bits per heavy atom. The quantitative estimate of drug-likeness (QED) is 0.516. The molecule has 0 bridgehead atoms. The summed E-state index contributed by atoms with van der Waals surface area (Å²) in [7, 11) is 1.68. The summed E-state index contributed by atoms with van der Waals surface area (Å²) in [6.45, 7) is 9.97. The largest absolute Gasteiger partial charge is 0.497 e. The van der Waals surface area contributed by atoms with Gasteiger partial charge >= 0.3 is 0 Å². The molecule has 0 fully saturated rings. The zero-order chi connectivity index (χ0) is 21.4. The van der Waals surface area contributed by atoms with Crippen molar-refractivity contribution in [1.29, 1.82) is 0 Å². The van der Waals surface area contributed by atoms with Gasteiger partial charge in [-0.25, -0.2) is 4.98 Å². The van der Waals surface area contributed by atoms with Gasteiger partial charge in [0.25, 0.3) is 0 Å². The van der Waals surface area contributed by atoms with E-state index >= 15 is 0 Å². The third kappa shape index (κ3) is 3.72. The summed E-state index contributed by atoms with van der Waals surface area (Å²) in [6, 6.07) is 8.14. The van der Waals surface area contributed by atoms with Crippen molar-refractivity contribution < 1.29 is 9.26 Å². The summed E-state index contributed by atoms with van der Waals surface area (Å²) in [5.41, 5.74) is 5.90. The average molecular weight is 406 g/mol. The number of benzene rings is 1. The molecule has 0 radical (unpaired) electrons. The summed E-state index contributed by atoms with van der Waals surface area (Å²) >= 11 is 0. The Morgan fingerprint density at radius 1 is 1.13 bits per heavy atom. The van der Waals surface area contributed by atoms with Gasteiger partial charge in [-0.1, -0.05) is 11.2 Å². The summed E-state index contributed by atoms with van der Waals surface area (Å²) in [6.07, 6.45) is 0.619. The lowest BCUT2D eigenvalue weighted by Gasteiger charge is -2.15.